The second-order valence-corrected chi connectivity index (χ2v) is 14.1. The van der Waals surface area contributed by atoms with Gasteiger partial charge in [-0.25, -0.2) is 9.97 Å². The van der Waals surface area contributed by atoms with Crippen molar-refractivity contribution >= 4 is 33.4 Å². The Hall–Kier alpha value is -6.88. The Morgan fingerprint density at radius 2 is 0.862 bits per heavy atom. The van der Waals surface area contributed by atoms with Crippen LogP contribution in [0.4, 0.5) is 11.6 Å². The van der Waals surface area contributed by atoms with Gasteiger partial charge in [0.2, 0.25) is 0 Å². The number of fused-ring (bicyclic) bond motifs is 2. The van der Waals surface area contributed by atoms with E-state index >= 15 is 0 Å². The number of pyridine rings is 4. The van der Waals surface area contributed by atoms with Crippen LogP contribution in [0.1, 0.15) is 35.1 Å². The Morgan fingerprint density at radius 1 is 0.448 bits per heavy atom. The molecule has 0 aliphatic heterocycles. The Labute approximate surface area is 339 Å². The number of anilines is 2. The van der Waals surface area contributed by atoms with Gasteiger partial charge < -0.3 is 20.9 Å². The van der Waals surface area contributed by atoms with Crippen molar-refractivity contribution in [1.82, 2.24) is 9.97 Å². The van der Waals surface area contributed by atoms with Gasteiger partial charge in [-0.2, -0.15) is 0 Å². The van der Waals surface area contributed by atoms with Gasteiger partial charge in [0.05, 0.1) is 24.2 Å². The van der Waals surface area contributed by atoms with E-state index in [0.29, 0.717) is 39.4 Å². The van der Waals surface area contributed by atoms with Crippen LogP contribution in [0.2, 0.25) is 0 Å². The first kappa shape index (κ1) is 38.0. The summed E-state index contributed by atoms with van der Waals surface area (Å²) in [4.78, 5) is 10.00. The van der Waals surface area contributed by atoms with E-state index in [1.807, 2.05) is 110 Å². The van der Waals surface area contributed by atoms with Crippen LogP contribution in [0.15, 0.2) is 170 Å². The van der Waals surface area contributed by atoms with Crippen molar-refractivity contribution in [2.75, 3.05) is 23.2 Å². The maximum atomic E-state index is 6.32. The first-order chi connectivity index (χ1) is 28.6. The summed E-state index contributed by atoms with van der Waals surface area (Å²) >= 11 is 0. The van der Waals surface area contributed by atoms with Crippen LogP contribution < -0.4 is 40.3 Å². The molecule has 0 amide bonds. The van der Waals surface area contributed by atoms with Gasteiger partial charge in [-0.15, -0.1) is 10.0 Å². The Bertz CT molecular complexity index is 2410. The van der Waals surface area contributed by atoms with Gasteiger partial charge in [0.15, 0.2) is 36.4 Å². The SMILES string of the molecule is NCc1cc(CN(c2ccc3ccccc3n2)[n+]2ccccc2)cc(OCCCCOc2cc(CN)cc(CN(c3ccc4ccccc4n3)[n+]3ccccc3)c2)c1. The number of para-hydroxylation sites is 2. The molecule has 4 aromatic heterocycles. The minimum Gasteiger partial charge on any atom is -0.494 e. The molecule has 0 unspecified atom stereocenters. The summed E-state index contributed by atoms with van der Waals surface area (Å²) in [6.07, 6.45) is 9.75. The molecular weight excluding hydrogens is 721 g/mol. The van der Waals surface area contributed by atoms with E-state index in [1.165, 1.54) is 0 Å². The smallest absolute Gasteiger partial charge is 0.200 e. The lowest BCUT2D eigenvalue weighted by molar-refractivity contribution is -0.686. The number of benzene rings is 4. The second-order valence-electron chi connectivity index (χ2n) is 14.1. The minimum atomic E-state index is 0.412. The normalized spacial score (nSPS) is 11.1. The zero-order valence-corrected chi connectivity index (χ0v) is 32.5. The summed E-state index contributed by atoms with van der Waals surface area (Å²) in [7, 11) is 0. The van der Waals surface area contributed by atoms with Gasteiger partial charge >= 0.3 is 0 Å². The van der Waals surface area contributed by atoms with Crippen LogP contribution in [0, 0.1) is 0 Å². The fraction of sp³-hybridized carbons (Fsp3) is 0.167. The standard InChI is InChI=1S/C48H48N8O2/c49-33-37-27-39(35-55(53-21-7-1-8-22-53)47-19-17-41-13-3-5-15-45(41)51-47)31-43(29-37)57-25-11-12-26-58-44-30-38(34-50)28-40(32-44)36-56(54-23-9-2-10-24-54)48-20-18-42-14-4-6-16-46(42)52-48/h1-10,13-24,27-32H,11-12,25-26,33-36,49-50H2/q+2. The number of unbranched alkanes of at least 4 members (excludes halogenated alkanes) is 1. The molecule has 10 nitrogen and oxygen atoms in total. The minimum absolute atomic E-state index is 0.412. The predicted octanol–water partition coefficient (Wildman–Crippen LogP) is 7.45. The van der Waals surface area contributed by atoms with E-state index < -0.39 is 0 Å². The number of rotatable bonds is 17. The van der Waals surface area contributed by atoms with Gasteiger partial charge in [-0.3, -0.25) is 0 Å². The molecule has 4 heterocycles. The van der Waals surface area contributed by atoms with Crippen molar-refractivity contribution in [1.29, 1.82) is 0 Å². The van der Waals surface area contributed by atoms with Crippen molar-refractivity contribution in [3.63, 3.8) is 0 Å². The fourth-order valence-corrected chi connectivity index (χ4v) is 7.03. The van der Waals surface area contributed by atoms with Crippen LogP contribution >= 0.6 is 0 Å². The molecule has 10 heteroatoms. The van der Waals surface area contributed by atoms with Crippen molar-refractivity contribution in [2.24, 2.45) is 11.5 Å². The molecule has 0 aliphatic carbocycles. The van der Waals surface area contributed by atoms with Gasteiger partial charge in [0.1, 0.15) is 24.6 Å². The van der Waals surface area contributed by atoms with Crippen LogP contribution in [-0.4, -0.2) is 23.2 Å². The number of hydrogen-bond donors (Lipinski definition) is 2. The van der Waals surface area contributed by atoms with Crippen molar-refractivity contribution in [3.8, 4) is 11.5 Å². The predicted molar refractivity (Wildman–Crippen MR) is 229 cm³/mol. The molecule has 0 fully saturated rings. The third-order valence-corrected chi connectivity index (χ3v) is 9.92. The van der Waals surface area contributed by atoms with Crippen molar-refractivity contribution in [2.45, 2.75) is 39.0 Å². The maximum absolute atomic E-state index is 6.32. The third-order valence-electron chi connectivity index (χ3n) is 9.92. The van der Waals surface area contributed by atoms with Crippen LogP contribution in [0.3, 0.4) is 0 Å². The molecule has 0 radical (unpaired) electrons. The monoisotopic (exact) mass is 768 g/mol. The molecule has 290 valence electrons. The second kappa shape index (κ2) is 18.4. The van der Waals surface area contributed by atoms with E-state index in [4.69, 9.17) is 30.9 Å². The maximum Gasteiger partial charge on any atom is 0.200 e. The number of hydrogen-bond acceptors (Lipinski definition) is 8. The molecule has 4 aromatic carbocycles. The number of ether oxygens (including phenoxy) is 2. The summed E-state index contributed by atoms with van der Waals surface area (Å²) < 4.78 is 16.7. The molecule has 0 bridgehead atoms. The van der Waals surface area contributed by atoms with E-state index in [9.17, 15) is 0 Å². The van der Waals surface area contributed by atoms with Gasteiger partial charge in [0.25, 0.3) is 0 Å². The molecular formula is C48H48N8O2+2. The highest BCUT2D eigenvalue weighted by Gasteiger charge is 2.21. The zero-order chi connectivity index (χ0) is 39.5. The highest BCUT2D eigenvalue weighted by Crippen LogP contribution is 2.25. The molecule has 4 N–H and O–H groups in total. The third kappa shape index (κ3) is 9.38. The molecule has 0 aliphatic rings. The van der Waals surface area contributed by atoms with Gasteiger partial charge in [-0.05, 0) is 95.8 Å². The summed E-state index contributed by atoms with van der Waals surface area (Å²) in [6, 6.07) is 49.3. The lowest BCUT2D eigenvalue weighted by atomic mass is 10.1. The Balaban J connectivity index is 0.906. The molecule has 0 saturated carbocycles. The van der Waals surface area contributed by atoms with Crippen molar-refractivity contribution < 1.29 is 18.8 Å². The van der Waals surface area contributed by atoms with E-state index in [-0.39, 0.29) is 0 Å². The topological polar surface area (TPSA) is 111 Å². The zero-order valence-electron chi connectivity index (χ0n) is 32.5. The van der Waals surface area contributed by atoms with Crippen LogP contribution in [-0.2, 0) is 26.2 Å². The van der Waals surface area contributed by atoms with E-state index in [0.717, 1.165) is 80.0 Å². The van der Waals surface area contributed by atoms with Gasteiger partial charge in [0, 0.05) is 48.1 Å². The first-order valence-electron chi connectivity index (χ1n) is 19.7. The lowest BCUT2D eigenvalue weighted by Gasteiger charge is -2.19. The van der Waals surface area contributed by atoms with Gasteiger partial charge in [-0.1, -0.05) is 70.0 Å². The fourth-order valence-electron chi connectivity index (χ4n) is 7.03. The molecule has 8 rings (SSSR count). The van der Waals surface area contributed by atoms with Crippen LogP contribution in [0.25, 0.3) is 21.8 Å². The van der Waals surface area contributed by atoms with E-state index in [2.05, 4.69) is 80.0 Å². The number of nitrogens with two attached hydrogens (primary N) is 2. The Kier molecular flexibility index (Phi) is 12.0. The first-order valence-corrected chi connectivity index (χ1v) is 19.7. The van der Waals surface area contributed by atoms with Crippen LogP contribution in [0.5, 0.6) is 11.5 Å². The summed E-state index contributed by atoms with van der Waals surface area (Å²) in [6.45, 7) is 3.07. The summed E-state index contributed by atoms with van der Waals surface area (Å²) in [5, 5.41) is 6.49. The highest BCUT2D eigenvalue weighted by atomic mass is 16.5. The van der Waals surface area contributed by atoms with E-state index in [1.54, 1.807) is 0 Å². The Morgan fingerprint density at radius 3 is 1.29 bits per heavy atom. The number of aromatic nitrogens is 4. The van der Waals surface area contributed by atoms with Crippen molar-refractivity contribution in [3.05, 3.63) is 193 Å². The summed E-state index contributed by atoms with van der Waals surface area (Å²) in [5.74, 6) is 3.28. The highest BCUT2D eigenvalue weighted by molar-refractivity contribution is 5.80. The quantitative estimate of drug-likeness (QED) is 0.0727. The number of nitrogens with zero attached hydrogens (tertiary/aromatic N) is 6. The largest absolute Gasteiger partial charge is 0.494 e. The molecule has 0 saturated heterocycles. The molecule has 58 heavy (non-hydrogen) atoms. The lowest BCUT2D eigenvalue weighted by Crippen LogP contribution is -2.53. The molecule has 0 spiro atoms. The average molecular weight is 769 g/mol. The summed E-state index contributed by atoms with van der Waals surface area (Å²) in [5.41, 5.74) is 18.4. The molecule has 0 atom stereocenters. The molecule has 8 aromatic rings. The average Bonchev–Trinajstić information content (AvgIpc) is 3.28.